The zero-order chi connectivity index (χ0) is 20.4. The number of aryl methyl sites for hydroxylation is 1. The first-order valence-electron chi connectivity index (χ1n) is 9.98. The Morgan fingerprint density at radius 1 is 0.857 bits per heavy atom. The molecule has 6 heteroatoms. The van der Waals surface area contributed by atoms with E-state index in [-0.39, 0.29) is 16.4 Å². The van der Waals surface area contributed by atoms with Crippen LogP contribution in [0.2, 0.25) is 0 Å². The molecule has 0 aromatic heterocycles. The lowest BCUT2D eigenvalue weighted by molar-refractivity contribution is 0.436. The molecular formula is C22H30O5S. The first kappa shape index (κ1) is 22.2. The number of rotatable bonds is 12. The molecule has 0 saturated carbocycles. The SMILES string of the molecule is CCCCCCCCCCc1ccc(O)cc1Oc1ccccc1S(=O)(=O)O. The Labute approximate surface area is 168 Å². The standard InChI is InChI=1S/C22H30O5S/c1-2-3-4-5-6-7-8-9-12-18-15-16-19(23)17-21(18)27-20-13-10-11-14-22(20)28(24,25)26/h10-11,13-17,23H,2-9,12H2,1H3,(H,24,25,26). The van der Waals surface area contributed by atoms with Gasteiger partial charge in [-0.05, 0) is 36.6 Å². The molecule has 0 unspecified atom stereocenters. The molecule has 0 atom stereocenters. The number of hydrogen-bond donors (Lipinski definition) is 2. The summed E-state index contributed by atoms with van der Waals surface area (Å²) < 4.78 is 38.3. The van der Waals surface area contributed by atoms with E-state index in [0.29, 0.717) is 5.75 Å². The van der Waals surface area contributed by atoms with Crippen LogP contribution in [0.15, 0.2) is 47.4 Å². The molecule has 0 saturated heterocycles. The number of unbranched alkanes of at least 4 members (excludes halogenated alkanes) is 7. The minimum absolute atomic E-state index is 0.0350. The number of benzene rings is 2. The van der Waals surface area contributed by atoms with Crippen molar-refractivity contribution in [2.75, 3.05) is 0 Å². The molecular weight excluding hydrogens is 376 g/mol. The van der Waals surface area contributed by atoms with Crippen molar-refractivity contribution in [1.29, 1.82) is 0 Å². The van der Waals surface area contributed by atoms with Crippen LogP contribution in [0, 0.1) is 0 Å². The lowest BCUT2D eigenvalue weighted by Gasteiger charge is -2.13. The summed E-state index contributed by atoms with van der Waals surface area (Å²) in [6.07, 6.45) is 10.5. The van der Waals surface area contributed by atoms with E-state index >= 15 is 0 Å². The third kappa shape index (κ3) is 7.17. The van der Waals surface area contributed by atoms with Gasteiger partial charge in [0.25, 0.3) is 10.1 Å². The highest BCUT2D eigenvalue weighted by molar-refractivity contribution is 7.86. The summed E-state index contributed by atoms with van der Waals surface area (Å²) in [7, 11) is -4.40. The van der Waals surface area contributed by atoms with Crippen molar-refractivity contribution in [3.8, 4) is 17.2 Å². The molecule has 0 fully saturated rings. The van der Waals surface area contributed by atoms with E-state index in [1.165, 1.54) is 62.8 Å². The van der Waals surface area contributed by atoms with Gasteiger partial charge in [-0.15, -0.1) is 0 Å². The van der Waals surface area contributed by atoms with Crippen molar-refractivity contribution < 1.29 is 22.8 Å². The van der Waals surface area contributed by atoms with E-state index in [2.05, 4.69) is 6.92 Å². The minimum Gasteiger partial charge on any atom is -0.508 e. The number of phenolic OH excluding ortho intramolecular Hbond substituents is 1. The largest absolute Gasteiger partial charge is 0.508 e. The second kappa shape index (κ2) is 11.1. The first-order chi connectivity index (χ1) is 13.4. The molecule has 0 radical (unpaired) electrons. The molecule has 0 aliphatic heterocycles. The molecule has 2 aromatic rings. The second-order valence-electron chi connectivity index (χ2n) is 7.04. The zero-order valence-corrected chi connectivity index (χ0v) is 17.2. The molecule has 154 valence electrons. The van der Waals surface area contributed by atoms with E-state index in [0.717, 1.165) is 24.8 Å². The third-order valence-electron chi connectivity index (χ3n) is 4.70. The van der Waals surface area contributed by atoms with E-state index in [4.69, 9.17) is 4.74 Å². The van der Waals surface area contributed by atoms with E-state index in [1.54, 1.807) is 18.2 Å². The van der Waals surface area contributed by atoms with Crippen LogP contribution in [0.3, 0.4) is 0 Å². The molecule has 0 aliphatic rings. The number of phenols is 1. The van der Waals surface area contributed by atoms with Crippen molar-refractivity contribution in [2.24, 2.45) is 0 Å². The Kier molecular flexibility index (Phi) is 8.80. The van der Waals surface area contributed by atoms with Crippen LogP contribution in [0.1, 0.15) is 63.9 Å². The second-order valence-corrected chi connectivity index (χ2v) is 8.43. The summed E-state index contributed by atoms with van der Waals surface area (Å²) in [4.78, 5) is -0.295. The summed E-state index contributed by atoms with van der Waals surface area (Å²) in [5, 5.41) is 9.81. The highest BCUT2D eigenvalue weighted by Gasteiger charge is 2.17. The smallest absolute Gasteiger partial charge is 0.298 e. The molecule has 2 rings (SSSR count). The molecule has 2 aromatic carbocycles. The van der Waals surface area contributed by atoms with Crippen LogP contribution in [0.5, 0.6) is 17.2 Å². The van der Waals surface area contributed by atoms with Gasteiger partial charge in [-0.3, -0.25) is 4.55 Å². The average molecular weight is 407 g/mol. The van der Waals surface area contributed by atoms with Gasteiger partial charge in [-0.25, -0.2) is 0 Å². The predicted octanol–water partition coefficient (Wildman–Crippen LogP) is 6.11. The van der Waals surface area contributed by atoms with Gasteiger partial charge in [-0.1, -0.05) is 70.1 Å². The van der Waals surface area contributed by atoms with Crippen LogP contribution < -0.4 is 4.74 Å². The summed E-state index contributed by atoms with van der Waals surface area (Å²) in [6, 6.07) is 10.8. The number of ether oxygens (including phenoxy) is 1. The minimum atomic E-state index is -4.40. The van der Waals surface area contributed by atoms with Gasteiger partial charge >= 0.3 is 0 Å². The molecule has 0 amide bonds. The van der Waals surface area contributed by atoms with Crippen LogP contribution in [-0.2, 0) is 16.5 Å². The van der Waals surface area contributed by atoms with Crippen LogP contribution in [-0.4, -0.2) is 18.1 Å². The fourth-order valence-electron chi connectivity index (χ4n) is 3.16. The fourth-order valence-corrected chi connectivity index (χ4v) is 3.77. The Hall–Kier alpha value is -2.05. The topological polar surface area (TPSA) is 83.8 Å². The van der Waals surface area contributed by atoms with Crippen LogP contribution in [0.25, 0.3) is 0 Å². The molecule has 28 heavy (non-hydrogen) atoms. The summed E-state index contributed by atoms with van der Waals surface area (Å²) in [6.45, 7) is 2.21. The molecule has 0 heterocycles. The van der Waals surface area contributed by atoms with Gasteiger partial charge in [0.1, 0.15) is 22.1 Å². The van der Waals surface area contributed by atoms with Crippen molar-refractivity contribution >= 4 is 10.1 Å². The highest BCUT2D eigenvalue weighted by atomic mass is 32.2. The van der Waals surface area contributed by atoms with Crippen LogP contribution >= 0.6 is 0 Å². The molecule has 0 spiro atoms. The fraction of sp³-hybridized carbons (Fsp3) is 0.455. The molecule has 2 N–H and O–H groups in total. The summed E-state index contributed by atoms with van der Waals surface area (Å²) in [5.41, 5.74) is 0.897. The maximum Gasteiger partial charge on any atom is 0.298 e. The third-order valence-corrected chi connectivity index (χ3v) is 5.59. The predicted molar refractivity (Wildman–Crippen MR) is 111 cm³/mol. The normalized spacial score (nSPS) is 11.5. The van der Waals surface area contributed by atoms with Gasteiger partial charge in [0, 0.05) is 6.07 Å². The van der Waals surface area contributed by atoms with Gasteiger partial charge < -0.3 is 9.84 Å². The van der Waals surface area contributed by atoms with Gasteiger partial charge in [-0.2, -0.15) is 8.42 Å². The first-order valence-corrected chi connectivity index (χ1v) is 11.4. The average Bonchev–Trinajstić information content (AvgIpc) is 2.65. The lowest BCUT2D eigenvalue weighted by Crippen LogP contribution is -2.01. The summed E-state index contributed by atoms with van der Waals surface area (Å²) in [5.74, 6) is 0.478. The maximum absolute atomic E-state index is 11.6. The van der Waals surface area contributed by atoms with Gasteiger partial charge in [0.2, 0.25) is 0 Å². The monoisotopic (exact) mass is 406 g/mol. The number of hydrogen-bond acceptors (Lipinski definition) is 4. The lowest BCUT2D eigenvalue weighted by atomic mass is 10.0. The Morgan fingerprint density at radius 2 is 1.50 bits per heavy atom. The number of aromatic hydroxyl groups is 1. The van der Waals surface area contributed by atoms with Crippen molar-refractivity contribution in [3.05, 3.63) is 48.0 Å². The van der Waals surface area contributed by atoms with Crippen molar-refractivity contribution in [1.82, 2.24) is 0 Å². The Bertz CT molecular complexity index is 846. The van der Waals surface area contributed by atoms with E-state index in [1.807, 2.05) is 0 Å². The highest BCUT2D eigenvalue weighted by Crippen LogP contribution is 2.33. The Balaban J connectivity index is 2.00. The van der Waals surface area contributed by atoms with Crippen molar-refractivity contribution in [3.63, 3.8) is 0 Å². The van der Waals surface area contributed by atoms with Gasteiger partial charge in [0.15, 0.2) is 0 Å². The molecule has 0 aliphatic carbocycles. The van der Waals surface area contributed by atoms with Crippen molar-refractivity contribution in [2.45, 2.75) is 69.6 Å². The van der Waals surface area contributed by atoms with E-state index in [9.17, 15) is 18.1 Å². The number of para-hydroxylation sites is 1. The molecule has 5 nitrogen and oxygen atoms in total. The van der Waals surface area contributed by atoms with Crippen LogP contribution in [0.4, 0.5) is 0 Å². The quantitative estimate of drug-likeness (QED) is 0.328. The summed E-state index contributed by atoms with van der Waals surface area (Å²) >= 11 is 0. The Morgan fingerprint density at radius 3 is 2.18 bits per heavy atom. The van der Waals surface area contributed by atoms with E-state index < -0.39 is 10.1 Å². The zero-order valence-electron chi connectivity index (χ0n) is 16.4. The van der Waals surface area contributed by atoms with Gasteiger partial charge in [0.05, 0.1) is 0 Å². The maximum atomic E-state index is 11.6. The molecule has 0 bridgehead atoms.